The highest BCUT2D eigenvalue weighted by Gasteiger charge is 2.04. The first kappa shape index (κ1) is 12.6. The van der Waals surface area contributed by atoms with Gasteiger partial charge in [0.25, 0.3) is 0 Å². The molecule has 3 N–H and O–H groups in total. The van der Waals surface area contributed by atoms with Gasteiger partial charge in [0.15, 0.2) is 0 Å². The Hall–Kier alpha value is -1.88. The van der Waals surface area contributed by atoms with Gasteiger partial charge in [-0.2, -0.15) is 0 Å². The minimum Gasteiger partial charge on any atom is -0.493 e. The number of hydrogen-bond donors (Lipinski definition) is 2. The third-order valence-electron chi connectivity index (χ3n) is 2.39. The summed E-state index contributed by atoms with van der Waals surface area (Å²) in [5, 5.41) is 8.24. The average molecular weight is 261 g/mol. The van der Waals surface area contributed by atoms with Gasteiger partial charge >= 0.3 is 0 Å². The third-order valence-corrected chi connectivity index (χ3v) is 3.48. The first-order chi connectivity index (χ1) is 8.65. The van der Waals surface area contributed by atoms with Crippen molar-refractivity contribution >= 4 is 17.2 Å². The molecule has 0 unspecified atom stereocenters. The molecule has 0 aliphatic carbocycles. The second-order valence-electron chi connectivity index (χ2n) is 3.95. The number of rotatable bonds is 5. The van der Waals surface area contributed by atoms with E-state index in [9.17, 15) is 0 Å². The lowest BCUT2D eigenvalue weighted by molar-refractivity contribution is 0.321. The van der Waals surface area contributed by atoms with E-state index in [1.165, 1.54) is 16.9 Å². The van der Waals surface area contributed by atoms with E-state index in [1.807, 2.05) is 31.2 Å². The Morgan fingerprint density at radius 1 is 1.50 bits per heavy atom. The number of benzene rings is 1. The Morgan fingerprint density at radius 2 is 2.33 bits per heavy atom. The van der Waals surface area contributed by atoms with Gasteiger partial charge in [-0.3, -0.25) is 5.41 Å². The molecule has 0 saturated carbocycles. The van der Waals surface area contributed by atoms with Crippen LogP contribution in [0.1, 0.15) is 15.4 Å². The zero-order valence-corrected chi connectivity index (χ0v) is 11.0. The van der Waals surface area contributed by atoms with Crippen molar-refractivity contribution in [3.63, 3.8) is 0 Å². The summed E-state index contributed by atoms with van der Waals surface area (Å²) in [6.07, 6.45) is 2.36. The molecule has 2 rings (SSSR count). The molecule has 2 aromatic rings. The third kappa shape index (κ3) is 3.30. The summed E-state index contributed by atoms with van der Waals surface area (Å²) in [4.78, 5) is 4.91. The zero-order valence-electron chi connectivity index (χ0n) is 10.1. The van der Waals surface area contributed by atoms with Gasteiger partial charge in [-0.1, -0.05) is 12.1 Å². The van der Waals surface area contributed by atoms with Gasteiger partial charge in [0.1, 0.15) is 11.6 Å². The number of nitrogens with one attached hydrogen (secondary N) is 1. The molecule has 0 aliphatic rings. The summed E-state index contributed by atoms with van der Waals surface area (Å²) in [5.41, 5.74) is 6.57. The van der Waals surface area contributed by atoms with Crippen LogP contribution in [0.3, 0.4) is 0 Å². The number of hydrogen-bond acceptors (Lipinski definition) is 4. The van der Waals surface area contributed by atoms with Crippen LogP contribution in [0.5, 0.6) is 5.75 Å². The van der Waals surface area contributed by atoms with Crippen LogP contribution < -0.4 is 10.5 Å². The van der Waals surface area contributed by atoms with Crippen molar-refractivity contribution in [2.45, 2.75) is 13.3 Å². The molecular formula is C13H15N3OS. The van der Waals surface area contributed by atoms with Gasteiger partial charge in [-0.15, -0.1) is 11.3 Å². The Morgan fingerprint density at radius 3 is 3.00 bits per heavy atom. The maximum atomic E-state index is 7.30. The van der Waals surface area contributed by atoms with Gasteiger partial charge in [-0.25, -0.2) is 4.98 Å². The van der Waals surface area contributed by atoms with Crippen LogP contribution in [0, 0.1) is 12.3 Å². The average Bonchev–Trinajstić information content (AvgIpc) is 2.78. The van der Waals surface area contributed by atoms with E-state index in [4.69, 9.17) is 15.9 Å². The van der Waals surface area contributed by atoms with Gasteiger partial charge < -0.3 is 10.5 Å². The molecule has 18 heavy (non-hydrogen) atoms. The molecule has 1 heterocycles. The van der Waals surface area contributed by atoms with E-state index in [2.05, 4.69) is 4.98 Å². The summed E-state index contributed by atoms with van der Waals surface area (Å²) in [6.45, 7) is 2.61. The molecule has 0 spiro atoms. The Bertz CT molecular complexity index is 551. The molecular weight excluding hydrogens is 246 g/mol. The maximum absolute atomic E-state index is 7.30. The van der Waals surface area contributed by atoms with Crippen LogP contribution in [0.4, 0.5) is 0 Å². The number of nitrogen functional groups attached to an aromatic ring is 1. The molecule has 1 aromatic heterocycles. The summed E-state index contributed by atoms with van der Waals surface area (Å²) >= 11 is 1.44. The zero-order chi connectivity index (χ0) is 13.0. The fourth-order valence-electron chi connectivity index (χ4n) is 1.51. The van der Waals surface area contributed by atoms with Crippen molar-refractivity contribution < 1.29 is 4.74 Å². The second-order valence-corrected chi connectivity index (χ2v) is 5.06. The highest BCUT2D eigenvalue weighted by Crippen LogP contribution is 2.15. The van der Waals surface area contributed by atoms with E-state index in [0.717, 1.165) is 17.2 Å². The summed E-state index contributed by atoms with van der Waals surface area (Å²) in [5.74, 6) is 0.941. The van der Waals surface area contributed by atoms with Crippen LogP contribution in [-0.2, 0) is 6.42 Å². The normalized spacial score (nSPS) is 10.3. The fraction of sp³-hybridized carbons (Fsp3) is 0.231. The maximum Gasteiger partial charge on any atom is 0.134 e. The van der Waals surface area contributed by atoms with E-state index >= 15 is 0 Å². The lowest BCUT2D eigenvalue weighted by atomic mass is 10.2. The van der Waals surface area contributed by atoms with E-state index in [1.54, 1.807) is 6.20 Å². The van der Waals surface area contributed by atoms with Crippen molar-refractivity contribution in [3.05, 3.63) is 45.9 Å². The molecule has 0 amide bonds. The van der Waals surface area contributed by atoms with Crippen LogP contribution in [-0.4, -0.2) is 17.4 Å². The minimum absolute atomic E-state index is 0.0679. The van der Waals surface area contributed by atoms with Gasteiger partial charge in [0.05, 0.1) is 16.5 Å². The summed E-state index contributed by atoms with van der Waals surface area (Å²) in [6, 6.07) is 7.95. The Labute approximate surface area is 110 Å². The molecule has 1 aromatic carbocycles. The van der Waals surface area contributed by atoms with Crippen LogP contribution >= 0.6 is 11.3 Å². The molecule has 0 bridgehead atoms. The standard InChI is InChI=1S/C13H15N3OS/c1-9-3-2-4-10(7-9)17-6-5-12-16-8-11(18-12)13(14)15/h2-4,7-8H,5-6H2,1H3,(H3,14,15). The first-order valence-electron chi connectivity index (χ1n) is 5.64. The van der Waals surface area contributed by atoms with Crippen LogP contribution in [0.15, 0.2) is 30.5 Å². The second kappa shape index (κ2) is 5.64. The molecule has 0 atom stereocenters. The Kier molecular flexibility index (Phi) is 3.94. The fourth-order valence-corrected chi connectivity index (χ4v) is 2.27. The highest BCUT2D eigenvalue weighted by atomic mass is 32.1. The quantitative estimate of drug-likeness (QED) is 0.641. The van der Waals surface area contributed by atoms with Gasteiger partial charge in [-0.05, 0) is 24.6 Å². The van der Waals surface area contributed by atoms with Crippen LogP contribution in [0.25, 0.3) is 0 Å². The van der Waals surface area contributed by atoms with Crippen molar-refractivity contribution in [1.29, 1.82) is 5.41 Å². The molecule has 0 aliphatic heterocycles. The Balaban J connectivity index is 1.86. The summed E-state index contributed by atoms with van der Waals surface area (Å²) < 4.78 is 5.64. The van der Waals surface area contributed by atoms with Crippen molar-refractivity contribution in [2.75, 3.05) is 6.61 Å². The number of aryl methyl sites for hydroxylation is 1. The number of ether oxygens (including phenoxy) is 1. The van der Waals surface area contributed by atoms with Crippen molar-refractivity contribution in [3.8, 4) is 5.75 Å². The van der Waals surface area contributed by atoms with Crippen molar-refractivity contribution in [1.82, 2.24) is 4.98 Å². The lowest BCUT2D eigenvalue weighted by Gasteiger charge is -2.05. The minimum atomic E-state index is 0.0679. The smallest absolute Gasteiger partial charge is 0.134 e. The molecule has 4 nitrogen and oxygen atoms in total. The van der Waals surface area contributed by atoms with Crippen molar-refractivity contribution in [2.24, 2.45) is 5.73 Å². The molecule has 94 valence electrons. The summed E-state index contributed by atoms with van der Waals surface area (Å²) in [7, 11) is 0. The number of aromatic nitrogens is 1. The predicted octanol–water partition coefficient (Wildman–Crippen LogP) is 2.36. The van der Waals surface area contributed by atoms with E-state index in [0.29, 0.717) is 11.5 Å². The monoisotopic (exact) mass is 261 g/mol. The predicted molar refractivity (Wildman–Crippen MR) is 73.5 cm³/mol. The molecule has 0 saturated heterocycles. The lowest BCUT2D eigenvalue weighted by Crippen LogP contribution is -2.08. The molecule has 0 radical (unpaired) electrons. The number of nitrogens with two attached hydrogens (primary N) is 1. The van der Waals surface area contributed by atoms with Gasteiger partial charge in [0, 0.05) is 12.6 Å². The molecule has 0 fully saturated rings. The number of thiazole rings is 1. The van der Waals surface area contributed by atoms with E-state index < -0.39 is 0 Å². The largest absolute Gasteiger partial charge is 0.493 e. The SMILES string of the molecule is Cc1cccc(OCCc2ncc(C(=N)N)s2)c1. The number of nitrogens with zero attached hydrogens (tertiary/aromatic N) is 1. The van der Waals surface area contributed by atoms with E-state index in [-0.39, 0.29) is 5.84 Å². The first-order valence-corrected chi connectivity index (χ1v) is 6.45. The van der Waals surface area contributed by atoms with Gasteiger partial charge in [0.2, 0.25) is 0 Å². The topological polar surface area (TPSA) is 72.0 Å². The highest BCUT2D eigenvalue weighted by molar-refractivity contribution is 7.13. The molecule has 5 heteroatoms. The number of amidine groups is 1. The van der Waals surface area contributed by atoms with Crippen LogP contribution in [0.2, 0.25) is 0 Å².